The van der Waals surface area contributed by atoms with Crippen LogP contribution in [0.1, 0.15) is 15.9 Å². The highest BCUT2D eigenvalue weighted by molar-refractivity contribution is 6.30. The molecule has 21 heavy (non-hydrogen) atoms. The van der Waals surface area contributed by atoms with Gasteiger partial charge < -0.3 is 15.2 Å². The second-order valence-electron chi connectivity index (χ2n) is 4.28. The topological polar surface area (TPSA) is 61.5 Å². The summed E-state index contributed by atoms with van der Waals surface area (Å²) in [4.78, 5) is 11.9. The van der Waals surface area contributed by atoms with E-state index >= 15 is 0 Å². The third-order valence-electron chi connectivity index (χ3n) is 2.79. The average molecular weight is 310 g/mol. The van der Waals surface area contributed by atoms with Crippen molar-refractivity contribution in [3.05, 3.63) is 58.4 Å². The first-order valence-electron chi connectivity index (χ1n) is 6.06. The third-order valence-corrected chi connectivity index (χ3v) is 3.08. The van der Waals surface area contributed by atoms with Crippen molar-refractivity contribution in [3.63, 3.8) is 0 Å². The number of carbonyl (C=O) groups is 1. The second-order valence-corrected chi connectivity index (χ2v) is 4.69. The van der Waals surface area contributed by atoms with Gasteiger partial charge in [0, 0.05) is 17.3 Å². The number of hydrogen-bond donors (Lipinski definition) is 1. The van der Waals surface area contributed by atoms with Crippen molar-refractivity contribution >= 4 is 23.3 Å². The third kappa shape index (κ3) is 3.64. The minimum atomic E-state index is -0.625. The summed E-state index contributed by atoms with van der Waals surface area (Å²) >= 11 is 5.66. The Morgan fingerprint density at radius 2 is 2.10 bits per heavy atom. The molecule has 0 fully saturated rings. The molecule has 6 heteroatoms. The fraction of sp³-hybridized carbons (Fsp3) is 0.133. The first kappa shape index (κ1) is 15.1. The molecule has 0 heterocycles. The van der Waals surface area contributed by atoms with Crippen molar-refractivity contribution in [3.8, 4) is 5.75 Å². The van der Waals surface area contributed by atoms with Gasteiger partial charge in [-0.3, -0.25) is 0 Å². The molecule has 0 unspecified atom stereocenters. The van der Waals surface area contributed by atoms with Crippen LogP contribution in [0.25, 0.3) is 0 Å². The van der Waals surface area contributed by atoms with Gasteiger partial charge in [0.1, 0.15) is 18.2 Å². The van der Waals surface area contributed by atoms with E-state index in [1.807, 2.05) is 0 Å². The first-order chi connectivity index (χ1) is 10.0. The molecule has 0 bridgehead atoms. The van der Waals surface area contributed by atoms with Crippen molar-refractivity contribution < 1.29 is 18.7 Å². The lowest BCUT2D eigenvalue weighted by Crippen LogP contribution is -2.07. The highest BCUT2D eigenvalue weighted by Crippen LogP contribution is 2.21. The molecule has 0 spiro atoms. The Balaban J connectivity index is 2.12. The molecule has 0 aromatic heterocycles. The Kier molecular flexibility index (Phi) is 4.65. The summed E-state index contributed by atoms with van der Waals surface area (Å²) in [6.07, 6.45) is 0. The van der Waals surface area contributed by atoms with Crippen molar-refractivity contribution in [2.45, 2.75) is 6.61 Å². The average Bonchev–Trinajstić information content (AvgIpc) is 2.47. The molecule has 2 aromatic rings. The molecule has 0 aliphatic rings. The summed E-state index contributed by atoms with van der Waals surface area (Å²) in [6.45, 7) is -0.220. The van der Waals surface area contributed by atoms with E-state index in [1.54, 1.807) is 12.1 Å². The first-order valence-corrected chi connectivity index (χ1v) is 6.43. The standard InChI is InChI=1S/C15H13ClFNO3/c1-20-12-6-10(5-11(18)7-12)15(19)21-8-9-3-2-4-13(16)14(9)17/h2-7H,8,18H2,1H3. The van der Waals surface area contributed by atoms with Crippen LogP contribution in [0.3, 0.4) is 0 Å². The predicted molar refractivity (Wildman–Crippen MR) is 77.9 cm³/mol. The lowest BCUT2D eigenvalue weighted by Gasteiger charge is -2.08. The van der Waals surface area contributed by atoms with E-state index in [0.29, 0.717) is 11.4 Å². The van der Waals surface area contributed by atoms with E-state index < -0.39 is 11.8 Å². The van der Waals surface area contributed by atoms with Gasteiger partial charge in [0.2, 0.25) is 0 Å². The van der Waals surface area contributed by atoms with Gasteiger partial charge in [-0.2, -0.15) is 0 Å². The van der Waals surface area contributed by atoms with Gasteiger partial charge in [-0.15, -0.1) is 0 Å². The Morgan fingerprint density at radius 3 is 2.81 bits per heavy atom. The number of hydrogen-bond acceptors (Lipinski definition) is 4. The minimum absolute atomic E-state index is 0.0193. The van der Waals surface area contributed by atoms with E-state index in [1.165, 1.54) is 31.4 Å². The van der Waals surface area contributed by atoms with E-state index in [9.17, 15) is 9.18 Å². The zero-order chi connectivity index (χ0) is 15.4. The molecule has 2 N–H and O–H groups in total. The fourth-order valence-electron chi connectivity index (χ4n) is 1.74. The number of rotatable bonds is 4. The van der Waals surface area contributed by atoms with Crippen LogP contribution in [0.15, 0.2) is 36.4 Å². The summed E-state index contributed by atoms with van der Waals surface area (Å²) < 4.78 is 23.7. The van der Waals surface area contributed by atoms with Crippen LogP contribution in [-0.2, 0) is 11.3 Å². The van der Waals surface area contributed by atoms with Gasteiger partial charge in [0.05, 0.1) is 17.7 Å². The van der Waals surface area contributed by atoms with Crippen LogP contribution in [0, 0.1) is 5.82 Å². The van der Waals surface area contributed by atoms with Crippen molar-refractivity contribution in [1.82, 2.24) is 0 Å². The number of esters is 1. The van der Waals surface area contributed by atoms with Crippen LogP contribution < -0.4 is 10.5 Å². The number of anilines is 1. The van der Waals surface area contributed by atoms with Gasteiger partial charge in [-0.25, -0.2) is 9.18 Å². The number of carbonyl (C=O) groups excluding carboxylic acids is 1. The Labute approximate surface area is 126 Å². The zero-order valence-corrected chi connectivity index (χ0v) is 12.0. The molecule has 0 aliphatic carbocycles. The lowest BCUT2D eigenvalue weighted by molar-refractivity contribution is 0.0468. The summed E-state index contributed by atoms with van der Waals surface area (Å²) in [5.41, 5.74) is 6.46. The summed E-state index contributed by atoms with van der Waals surface area (Å²) in [7, 11) is 1.46. The fourth-order valence-corrected chi connectivity index (χ4v) is 1.94. The molecule has 0 saturated carbocycles. The molecule has 0 amide bonds. The summed E-state index contributed by atoms with van der Waals surface area (Å²) in [5, 5.41) is -0.0193. The number of benzene rings is 2. The smallest absolute Gasteiger partial charge is 0.338 e. The van der Waals surface area contributed by atoms with E-state index in [4.69, 9.17) is 26.8 Å². The number of halogens is 2. The number of ether oxygens (including phenoxy) is 2. The number of nitrogens with two attached hydrogens (primary N) is 1. The van der Waals surface area contributed by atoms with Crippen LogP contribution >= 0.6 is 11.6 Å². The van der Waals surface area contributed by atoms with Crippen LogP contribution in [0.4, 0.5) is 10.1 Å². The van der Waals surface area contributed by atoms with E-state index in [2.05, 4.69) is 0 Å². The monoisotopic (exact) mass is 309 g/mol. The Morgan fingerprint density at radius 1 is 1.33 bits per heavy atom. The molecule has 110 valence electrons. The normalized spacial score (nSPS) is 10.2. The van der Waals surface area contributed by atoms with Crippen LogP contribution in [-0.4, -0.2) is 13.1 Å². The number of nitrogen functional groups attached to an aromatic ring is 1. The van der Waals surface area contributed by atoms with Crippen LogP contribution in [0.2, 0.25) is 5.02 Å². The van der Waals surface area contributed by atoms with E-state index in [0.717, 1.165) is 0 Å². The molecule has 0 radical (unpaired) electrons. The largest absolute Gasteiger partial charge is 0.497 e. The summed E-state index contributed by atoms with van der Waals surface area (Å²) in [5.74, 6) is -0.784. The quantitative estimate of drug-likeness (QED) is 0.694. The molecule has 0 aliphatic heterocycles. The highest BCUT2D eigenvalue weighted by Gasteiger charge is 2.12. The van der Waals surface area contributed by atoms with Gasteiger partial charge in [-0.05, 0) is 18.2 Å². The van der Waals surface area contributed by atoms with Gasteiger partial charge in [-0.1, -0.05) is 23.7 Å². The maximum atomic E-state index is 13.7. The molecular weight excluding hydrogens is 297 g/mol. The molecule has 0 atom stereocenters. The zero-order valence-electron chi connectivity index (χ0n) is 11.2. The van der Waals surface area contributed by atoms with Gasteiger partial charge in [0.15, 0.2) is 0 Å². The number of methoxy groups -OCH3 is 1. The molecular formula is C15H13ClFNO3. The Hall–Kier alpha value is -2.27. The molecule has 4 nitrogen and oxygen atoms in total. The van der Waals surface area contributed by atoms with E-state index in [-0.39, 0.29) is 22.8 Å². The highest BCUT2D eigenvalue weighted by atomic mass is 35.5. The predicted octanol–water partition coefficient (Wildman–Crippen LogP) is 3.43. The van der Waals surface area contributed by atoms with Crippen molar-refractivity contribution in [2.75, 3.05) is 12.8 Å². The van der Waals surface area contributed by atoms with Gasteiger partial charge >= 0.3 is 5.97 Å². The SMILES string of the molecule is COc1cc(N)cc(C(=O)OCc2cccc(Cl)c2F)c1. The molecule has 0 saturated heterocycles. The minimum Gasteiger partial charge on any atom is -0.497 e. The molecule has 2 rings (SSSR count). The molecule has 2 aromatic carbocycles. The maximum absolute atomic E-state index is 13.7. The van der Waals surface area contributed by atoms with Crippen molar-refractivity contribution in [1.29, 1.82) is 0 Å². The lowest BCUT2D eigenvalue weighted by atomic mass is 10.2. The second kappa shape index (κ2) is 6.45. The van der Waals surface area contributed by atoms with Crippen molar-refractivity contribution in [2.24, 2.45) is 0 Å². The van der Waals surface area contributed by atoms with Crippen LogP contribution in [0.5, 0.6) is 5.75 Å². The summed E-state index contributed by atoms with van der Waals surface area (Å²) in [6, 6.07) is 9.02. The maximum Gasteiger partial charge on any atom is 0.338 e. The van der Waals surface area contributed by atoms with Gasteiger partial charge in [0.25, 0.3) is 0 Å². The Bertz CT molecular complexity index is 676.